The van der Waals surface area contributed by atoms with Gasteiger partial charge in [0.15, 0.2) is 0 Å². The van der Waals surface area contributed by atoms with E-state index in [1.807, 2.05) is 0 Å². The molecule has 2 rings (SSSR count). The van der Waals surface area contributed by atoms with Crippen molar-refractivity contribution in [3.8, 4) is 5.75 Å². The highest BCUT2D eigenvalue weighted by Crippen LogP contribution is 2.16. The topological polar surface area (TPSA) is 70.2 Å². The predicted molar refractivity (Wildman–Crippen MR) is 75.2 cm³/mol. The van der Waals surface area contributed by atoms with E-state index in [-0.39, 0.29) is 5.82 Å². The highest BCUT2D eigenvalue weighted by atomic mass is 35.5. The minimum absolute atomic E-state index is 0.124. The first-order chi connectivity index (χ1) is 9.56. The van der Waals surface area contributed by atoms with Gasteiger partial charge in [0.25, 0.3) is 0 Å². The maximum Gasteiger partial charge on any atom is 0.381 e. The number of aromatic nitrogens is 2. The SMILES string of the molecule is Cc1nc([N+](=O)[O-])cn1CCCOc1ccc(Cl)cc1. The van der Waals surface area contributed by atoms with Gasteiger partial charge in [-0.2, -0.15) is 0 Å². The van der Waals surface area contributed by atoms with Gasteiger partial charge in [-0.05, 0) is 40.6 Å². The molecule has 1 aromatic carbocycles. The first-order valence-electron chi connectivity index (χ1n) is 6.13. The monoisotopic (exact) mass is 295 g/mol. The maximum atomic E-state index is 10.6. The van der Waals surface area contributed by atoms with Crippen LogP contribution in [0, 0.1) is 17.0 Å². The van der Waals surface area contributed by atoms with E-state index in [9.17, 15) is 10.1 Å². The van der Waals surface area contributed by atoms with Crippen molar-refractivity contribution in [3.05, 3.63) is 51.4 Å². The second-order valence-corrected chi connectivity index (χ2v) is 4.69. The van der Waals surface area contributed by atoms with E-state index in [2.05, 4.69) is 4.98 Å². The Morgan fingerprint density at radius 2 is 2.10 bits per heavy atom. The Morgan fingerprint density at radius 3 is 2.70 bits per heavy atom. The summed E-state index contributed by atoms with van der Waals surface area (Å²) in [5.41, 5.74) is 0. The minimum atomic E-state index is -0.492. The van der Waals surface area contributed by atoms with Gasteiger partial charge in [-0.15, -0.1) is 0 Å². The summed E-state index contributed by atoms with van der Waals surface area (Å²) in [6.45, 7) is 2.89. The second kappa shape index (κ2) is 6.38. The molecule has 2 aromatic rings. The molecule has 0 atom stereocenters. The van der Waals surface area contributed by atoms with Crippen molar-refractivity contribution in [1.82, 2.24) is 9.55 Å². The van der Waals surface area contributed by atoms with Gasteiger partial charge in [0.2, 0.25) is 5.82 Å². The molecule has 0 aliphatic rings. The quantitative estimate of drug-likeness (QED) is 0.466. The third kappa shape index (κ3) is 3.71. The summed E-state index contributed by atoms with van der Waals surface area (Å²) in [6.07, 6.45) is 2.18. The van der Waals surface area contributed by atoms with Gasteiger partial charge in [-0.3, -0.25) is 0 Å². The zero-order valence-electron chi connectivity index (χ0n) is 11.0. The lowest BCUT2D eigenvalue weighted by atomic mass is 10.3. The van der Waals surface area contributed by atoms with Crippen LogP contribution in [0.4, 0.5) is 5.82 Å². The van der Waals surface area contributed by atoms with Crippen molar-refractivity contribution in [2.75, 3.05) is 6.61 Å². The average molecular weight is 296 g/mol. The Bertz CT molecular complexity index is 595. The number of nitrogens with zero attached hydrogens (tertiary/aromatic N) is 3. The van der Waals surface area contributed by atoms with Crippen LogP contribution in [0.15, 0.2) is 30.5 Å². The number of imidazole rings is 1. The Kier molecular flexibility index (Phi) is 4.57. The molecule has 0 saturated carbocycles. The molecular weight excluding hydrogens is 282 g/mol. The molecule has 0 spiro atoms. The van der Waals surface area contributed by atoms with Crippen LogP contribution < -0.4 is 4.74 Å². The van der Waals surface area contributed by atoms with Crippen molar-refractivity contribution < 1.29 is 9.66 Å². The summed E-state index contributed by atoms with van der Waals surface area (Å²) in [4.78, 5) is 14.0. The largest absolute Gasteiger partial charge is 0.494 e. The fourth-order valence-corrected chi connectivity index (χ4v) is 1.89. The molecule has 1 aromatic heterocycles. The van der Waals surface area contributed by atoms with Gasteiger partial charge in [-0.25, -0.2) is 0 Å². The minimum Gasteiger partial charge on any atom is -0.494 e. The predicted octanol–water partition coefficient (Wildman–Crippen LogP) is 3.22. The molecule has 7 heteroatoms. The number of hydrogen-bond donors (Lipinski definition) is 0. The molecule has 0 radical (unpaired) electrons. The standard InChI is InChI=1S/C13H14ClN3O3/c1-10-15-13(17(18)19)9-16(10)7-2-8-20-12-5-3-11(14)4-6-12/h3-6,9H,2,7-8H2,1H3. The lowest BCUT2D eigenvalue weighted by Crippen LogP contribution is -2.05. The van der Waals surface area contributed by atoms with Crippen LogP contribution in [0.25, 0.3) is 0 Å². The van der Waals surface area contributed by atoms with Crippen LogP contribution in [-0.4, -0.2) is 21.1 Å². The average Bonchev–Trinajstić information content (AvgIpc) is 2.79. The van der Waals surface area contributed by atoms with Crippen molar-refractivity contribution in [1.29, 1.82) is 0 Å². The first kappa shape index (κ1) is 14.3. The van der Waals surface area contributed by atoms with Crippen LogP contribution in [0.1, 0.15) is 12.2 Å². The van der Waals surface area contributed by atoms with E-state index in [1.54, 1.807) is 35.8 Å². The normalized spacial score (nSPS) is 10.5. The van der Waals surface area contributed by atoms with E-state index in [1.165, 1.54) is 6.20 Å². The smallest absolute Gasteiger partial charge is 0.381 e. The maximum absolute atomic E-state index is 10.6. The van der Waals surface area contributed by atoms with Gasteiger partial charge < -0.3 is 19.4 Å². The third-order valence-electron chi connectivity index (χ3n) is 2.78. The number of hydrogen-bond acceptors (Lipinski definition) is 4. The molecule has 6 nitrogen and oxygen atoms in total. The molecule has 0 saturated heterocycles. The summed E-state index contributed by atoms with van der Waals surface area (Å²) >= 11 is 5.78. The highest BCUT2D eigenvalue weighted by Gasteiger charge is 2.14. The molecule has 0 aliphatic carbocycles. The van der Waals surface area contributed by atoms with Gasteiger partial charge >= 0.3 is 5.82 Å². The van der Waals surface area contributed by atoms with Gasteiger partial charge in [0, 0.05) is 18.5 Å². The highest BCUT2D eigenvalue weighted by molar-refractivity contribution is 6.30. The molecule has 0 unspecified atom stereocenters. The molecule has 0 fully saturated rings. The molecule has 0 aliphatic heterocycles. The molecular formula is C13H14ClN3O3. The fourth-order valence-electron chi connectivity index (χ4n) is 1.76. The van der Waals surface area contributed by atoms with E-state index in [0.717, 1.165) is 12.2 Å². The molecule has 0 bridgehead atoms. The van der Waals surface area contributed by atoms with Crippen molar-refractivity contribution in [2.24, 2.45) is 0 Å². The molecule has 106 valence electrons. The second-order valence-electron chi connectivity index (χ2n) is 4.25. The van der Waals surface area contributed by atoms with Crippen LogP contribution in [0.2, 0.25) is 5.02 Å². The summed E-state index contributed by atoms with van der Waals surface area (Å²) in [7, 11) is 0. The number of ether oxygens (including phenoxy) is 1. The summed E-state index contributed by atoms with van der Waals surface area (Å²) in [5.74, 6) is 1.26. The number of aryl methyl sites for hydroxylation is 2. The van der Waals surface area contributed by atoms with Crippen molar-refractivity contribution in [2.45, 2.75) is 19.9 Å². The van der Waals surface area contributed by atoms with Crippen LogP contribution in [-0.2, 0) is 6.54 Å². The van der Waals surface area contributed by atoms with E-state index >= 15 is 0 Å². The summed E-state index contributed by atoms with van der Waals surface area (Å²) in [5, 5.41) is 11.3. The van der Waals surface area contributed by atoms with Crippen LogP contribution in [0.3, 0.4) is 0 Å². The van der Waals surface area contributed by atoms with Crippen LogP contribution >= 0.6 is 11.6 Å². The van der Waals surface area contributed by atoms with Crippen LogP contribution in [0.5, 0.6) is 5.75 Å². The number of benzene rings is 1. The number of nitro groups is 1. The van der Waals surface area contributed by atoms with Crippen molar-refractivity contribution >= 4 is 17.4 Å². The zero-order valence-corrected chi connectivity index (χ0v) is 11.7. The van der Waals surface area contributed by atoms with E-state index < -0.39 is 4.92 Å². The third-order valence-corrected chi connectivity index (χ3v) is 3.03. The lowest BCUT2D eigenvalue weighted by Gasteiger charge is -2.06. The molecule has 1 heterocycles. The van der Waals surface area contributed by atoms with E-state index in [4.69, 9.17) is 16.3 Å². The first-order valence-corrected chi connectivity index (χ1v) is 6.50. The fraction of sp³-hybridized carbons (Fsp3) is 0.308. The van der Waals surface area contributed by atoms with Gasteiger partial charge in [-0.1, -0.05) is 11.6 Å². The summed E-state index contributed by atoms with van der Waals surface area (Å²) < 4.78 is 7.30. The number of rotatable bonds is 6. The Hall–Kier alpha value is -2.08. The Morgan fingerprint density at radius 1 is 1.40 bits per heavy atom. The van der Waals surface area contributed by atoms with Gasteiger partial charge in [0.1, 0.15) is 11.9 Å². The Balaban J connectivity index is 1.81. The lowest BCUT2D eigenvalue weighted by molar-refractivity contribution is -0.389. The zero-order chi connectivity index (χ0) is 14.5. The Labute approximate surface area is 121 Å². The molecule has 20 heavy (non-hydrogen) atoms. The number of halogens is 1. The van der Waals surface area contributed by atoms with E-state index in [0.29, 0.717) is 24.0 Å². The van der Waals surface area contributed by atoms with Crippen molar-refractivity contribution in [3.63, 3.8) is 0 Å². The summed E-state index contributed by atoms with van der Waals surface area (Å²) in [6, 6.07) is 7.13. The molecule has 0 N–H and O–H groups in total. The van der Waals surface area contributed by atoms with Gasteiger partial charge in [0.05, 0.1) is 6.61 Å². The molecule has 0 amide bonds.